The number of ether oxygens (including phenoxy) is 1. The van der Waals surface area contributed by atoms with Gasteiger partial charge in [-0.05, 0) is 86.0 Å². The maximum Gasteiger partial charge on any atom is 0.264 e. The molecule has 1 saturated carbocycles. The number of benzene rings is 3. The minimum atomic E-state index is -4.19. The molecule has 1 aliphatic carbocycles. The Labute approximate surface area is 254 Å². The summed E-state index contributed by atoms with van der Waals surface area (Å²) >= 11 is 9.54. The molecule has 11 heteroatoms. The fraction of sp³-hybridized carbons (Fsp3) is 0.333. The molecule has 0 heterocycles. The van der Waals surface area contributed by atoms with Crippen molar-refractivity contribution in [1.82, 2.24) is 10.2 Å². The van der Waals surface area contributed by atoms with E-state index in [2.05, 4.69) is 21.2 Å². The number of anilines is 1. The smallest absolute Gasteiger partial charge is 0.264 e. The van der Waals surface area contributed by atoms with E-state index < -0.39 is 28.5 Å². The molecule has 0 bridgehead atoms. The molecule has 41 heavy (non-hydrogen) atoms. The van der Waals surface area contributed by atoms with Crippen LogP contribution in [0.3, 0.4) is 0 Å². The van der Waals surface area contributed by atoms with E-state index in [1.54, 1.807) is 43.3 Å². The number of hydrogen-bond acceptors (Lipinski definition) is 5. The van der Waals surface area contributed by atoms with Gasteiger partial charge in [-0.2, -0.15) is 0 Å². The summed E-state index contributed by atoms with van der Waals surface area (Å²) in [4.78, 5) is 28.7. The fourth-order valence-corrected chi connectivity index (χ4v) is 6.80. The first-order valence-electron chi connectivity index (χ1n) is 13.3. The number of methoxy groups -OCH3 is 1. The summed E-state index contributed by atoms with van der Waals surface area (Å²) in [5, 5.41) is 3.50. The van der Waals surface area contributed by atoms with Crippen LogP contribution in [-0.4, -0.2) is 50.9 Å². The van der Waals surface area contributed by atoms with E-state index in [-0.39, 0.29) is 29.1 Å². The number of sulfonamides is 1. The van der Waals surface area contributed by atoms with Gasteiger partial charge in [-0.1, -0.05) is 52.5 Å². The van der Waals surface area contributed by atoms with Crippen molar-refractivity contribution in [1.29, 1.82) is 0 Å². The summed E-state index contributed by atoms with van der Waals surface area (Å²) in [5.74, 6) is -0.289. The maximum atomic E-state index is 14.0. The zero-order valence-electron chi connectivity index (χ0n) is 22.9. The van der Waals surface area contributed by atoms with Gasteiger partial charge < -0.3 is 15.0 Å². The van der Waals surface area contributed by atoms with Crippen molar-refractivity contribution in [3.8, 4) is 5.75 Å². The van der Waals surface area contributed by atoms with Gasteiger partial charge in [0.25, 0.3) is 10.0 Å². The number of halogens is 2. The van der Waals surface area contributed by atoms with Crippen LogP contribution in [0.25, 0.3) is 0 Å². The van der Waals surface area contributed by atoms with E-state index in [4.69, 9.17) is 16.3 Å². The lowest BCUT2D eigenvalue weighted by atomic mass is 10.1. The number of nitrogens with zero attached hydrogens (tertiary/aromatic N) is 2. The van der Waals surface area contributed by atoms with Crippen molar-refractivity contribution < 1.29 is 22.7 Å². The van der Waals surface area contributed by atoms with Crippen LogP contribution in [0.2, 0.25) is 5.02 Å². The largest absolute Gasteiger partial charge is 0.497 e. The quantitative estimate of drug-likeness (QED) is 0.281. The monoisotopic (exact) mass is 661 g/mol. The highest BCUT2D eigenvalue weighted by molar-refractivity contribution is 9.10. The number of hydrogen-bond donors (Lipinski definition) is 1. The molecule has 0 spiro atoms. The van der Waals surface area contributed by atoms with Crippen LogP contribution >= 0.6 is 27.5 Å². The molecule has 2 amide bonds. The van der Waals surface area contributed by atoms with Crippen LogP contribution < -0.4 is 14.4 Å². The third-order valence-corrected chi connectivity index (χ3v) is 9.69. The fourth-order valence-electron chi connectivity index (χ4n) is 4.82. The third kappa shape index (κ3) is 7.81. The summed E-state index contributed by atoms with van der Waals surface area (Å²) in [6.45, 7) is 1.27. The van der Waals surface area contributed by atoms with Crippen molar-refractivity contribution in [2.45, 2.75) is 56.1 Å². The van der Waals surface area contributed by atoms with Gasteiger partial charge in [-0.15, -0.1) is 0 Å². The van der Waals surface area contributed by atoms with E-state index >= 15 is 0 Å². The van der Waals surface area contributed by atoms with Gasteiger partial charge in [-0.25, -0.2) is 8.42 Å². The van der Waals surface area contributed by atoms with E-state index in [0.717, 1.165) is 40.0 Å². The van der Waals surface area contributed by atoms with E-state index in [9.17, 15) is 18.0 Å². The Bertz CT molecular complexity index is 1460. The minimum Gasteiger partial charge on any atom is -0.497 e. The molecule has 0 saturated heterocycles. The number of amides is 2. The van der Waals surface area contributed by atoms with E-state index in [1.165, 1.54) is 24.1 Å². The summed E-state index contributed by atoms with van der Waals surface area (Å²) in [6, 6.07) is 18.9. The first-order valence-corrected chi connectivity index (χ1v) is 16.0. The number of nitrogens with one attached hydrogen (secondary N) is 1. The number of rotatable bonds is 11. The molecular weight excluding hydrogens is 630 g/mol. The van der Waals surface area contributed by atoms with Crippen LogP contribution in [0, 0.1) is 0 Å². The van der Waals surface area contributed by atoms with Gasteiger partial charge in [-0.3, -0.25) is 13.9 Å². The Hall–Kier alpha value is -3.08. The SMILES string of the molecule is COc1ccc(S(=O)(=O)N(CC(=O)N(Cc2cccc(Br)c2)[C@H](C)C(=O)NC2CCCC2)c2ccc(Cl)cc2)cc1. The highest BCUT2D eigenvalue weighted by Gasteiger charge is 2.33. The molecule has 1 atom stereocenters. The molecule has 4 rings (SSSR count). The van der Waals surface area contributed by atoms with Crippen LogP contribution in [-0.2, 0) is 26.2 Å². The van der Waals surface area contributed by atoms with Crippen molar-refractivity contribution in [2.75, 3.05) is 18.0 Å². The predicted molar refractivity (Wildman–Crippen MR) is 164 cm³/mol. The second-order valence-electron chi connectivity index (χ2n) is 9.98. The lowest BCUT2D eigenvalue weighted by Gasteiger charge is -2.32. The highest BCUT2D eigenvalue weighted by atomic mass is 79.9. The van der Waals surface area contributed by atoms with Crippen molar-refractivity contribution >= 4 is 55.1 Å². The Morgan fingerprint density at radius 1 is 1.05 bits per heavy atom. The Kier molecular flexibility index (Phi) is 10.3. The zero-order valence-corrected chi connectivity index (χ0v) is 26.1. The van der Waals surface area contributed by atoms with Crippen LogP contribution in [0.1, 0.15) is 38.2 Å². The zero-order chi connectivity index (χ0) is 29.6. The van der Waals surface area contributed by atoms with Gasteiger partial charge in [0.2, 0.25) is 11.8 Å². The van der Waals surface area contributed by atoms with E-state index in [1.807, 2.05) is 24.3 Å². The molecule has 1 fully saturated rings. The topological polar surface area (TPSA) is 96.0 Å². The maximum absolute atomic E-state index is 14.0. The first-order chi connectivity index (χ1) is 19.6. The Morgan fingerprint density at radius 3 is 2.32 bits per heavy atom. The summed E-state index contributed by atoms with van der Waals surface area (Å²) in [7, 11) is -2.69. The molecule has 1 N–H and O–H groups in total. The Balaban J connectivity index is 1.68. The van der Waals surface area contributed by atoms with E-state index in [0.29, 0.717) is 10.8 Å². The second kappa shape index (κ2) is 13.7. The van der Waals surface area contributed by atoms with Gasteiger partial charge >= 0.3 is 0 Å². The summed E-state index contributed by atoms with van der Waals surface area (Å²) in [5.41, 5.74) is 1.06. The Morgan fingerprint density at radius 2 is 1.71 bits per heavy atom. The lowest BCUT2D eigenvalue weighted by molar-refractivity contribution is -0.139. The average Bonchev–Trinajstić information content (AvgIpc) is 3.48. The van der Waals surface area contributed by atoms with Gasteiger partial charge in [0, 0.05) is 22.1 Å². The number of carbonyl (C=O) groups is 2. The minimum absolute atomic E-state index is 0.00776. The number of carbonyl (C=O) groups excluding carboxylic acids is 2. The summed E-state index contributed by atoms with van der Waals surface area (Å²) < 4.78 is 34.9. The molecule has 1 aliphatic rings. The summed E-state index contributed by atoms with van der Waals surface area (Å²) in [6.07, 6.45) is 3.92. The van der Waals surface area contributed by atoms with Gasteiger partial charge in [0.05, 0.1) is 17.7 Å². The molecule has 0 unspecified atom stereocenters. The molecular formula is C30H33BrClN3O5S. The molecule has 0 radical (unpaired) electrons. The molecule has 8 nitrogen and oxygen atoms in total. The van der Waals surface area contributed by atoms with Gasteiger partial charge in [0.15, 0.2) is 0 Å². The van der Waals surface area contributed by atoms with Crippen molar-refractivity contribution in [2.24, 2.45) is 0 Å². The molecule has 0 aromatic heterocycles. The van der Waals surface area contributed by atoms with Crippen LogP contribution in [0.5, 0.6) is 5.75 Å². The predicted octanol–water partition coefficient (Wildman–Crippen LogP) is 5.78. The molecule has 3 aromatic carbocycles. The van der Waals surface area contributed by atoms with Crippen LogP contribution in [0.4, 0.5) is 5.69 Å². The highest BCUT2D eigenvalue weighted by Crippen LogP contribution is 2.27. The molecule has 0 aliphatic heterocycles. The van der Waals surface area contributed by atoms with Crippen LogP contribution in [0.15, 0.2) is 82.2 Å². The third-order valence-electron chi connectivity index (χ3n) is 7.15. The molecule has 218 valence electrons. The van der Waals surface area contributed by atoms with Crippen molar-refractivity contribution in [3.63, 3.8) is 0 Å². The standard InChI is InChI=1S/C30H33BrClN3O5S/c1-21(30(37)33-25-8-3-4-9-25)34(19-22-6-5-7-23(31)18-22)29(36)20-35(26-12-10-24(32)11-13-26)41(38,39)28-16-14-27(40-2)15-17-28/h5-7,10-18,21,25H,3-4,8-9,19-20H2,1-2H3,(H,33,37)/t21-/m1/s1. The normalized spacial score (nSPS) is 14.3. The molecule has 3 aromatic rings. The lowest BCUT2D eigenvalue weighted by Crippen LogP contribution is -2.52. The average molecular weight is 663 g/mol. The first kappa shape index (κ1) is 30.9. The van der Waals surface area contributed by atoms with Gasteiger partial charge in [0.1, 0.15) is 18.3 Å². The second-order valence-corrected chi connectivity index (χ2v) is 13.2. The van der Waals surface area contributed by atoms with Crippen molar-refractivity contribution in [3.05, 3.63) is 87.9 Å².